The Labute approximate surface area is 137 Å². The van der Waals surface area contributed by atoms with Gasteiger partial charge in [-0.15, -0.1) is 0 Å². The molecule has 0 bridgehead atoms. The van der Waals surface area contributed by atoms with E-state index >= 15 is 0 Å². The Morgan fingerprint density at radius 3 is 2.50 bits per heavy atom. The van der Waals surface area contributed by atoms with Crippen molar-refractivity contribution in [1.82, 2.24) is 4.48 Å². The number of Topliss-reactive ketones (excluding diaryl/α,β-unsaturated/α-hetero) is 1. The lowest BCUT2D eigenvalue weighted by atomic mass is 10.1. The maximum Gasteiger partial charge on any atom is 0.217 e. The zero-order chi connectivity index (χ0) is 15.9. The zero-order valence-electron chi connectivity index (χ0n) is 12.2. The molecule has 1 heterocycles. The summed E-state index contributed by atoms with van der Waals surface area (Å²) < 4.78 is 1.38. The first kappa shape index (κ1) is 15.1. The van der Waals surface area contributed by atoms with Gasteiger partial charge in [0, 0.05) is 28.1 Å². The molecule has 0 aromatic heterocycles. The molecule has 114 valence electrons. The van der Waals surface area contributed by atoms with E-state index in [9.17, 15) is 15.0 Å². The van der Waals surface area contributed by atoms with Crippen molar-refractivity contribution < 1.29 is 15.0 Å². The number of phenolic OH excluding ortho intramolecular Hbond substituents is 2. The van der Waals surface area contributed by atoms with Crippen molar-refractivity contribution in [2.45, 2.75) is 6.42 Å². The summed E-state index contributed by atoms with van der Waals surface area (Å²) in [5, 5.41) is 19.4. The summed E-state index contributed by atoms with van der Waals surface area (Å²) in [6, 6.07) is 10.5. The summed E-state index contributed by atoms with van der Waals surface area (Å²) in [7, 11) is 1.99. The van der Waals surface area contributed by atoms with Gasteiger partial charge in [-0.2, -0.15) is 0 Å². The van der Waals surface area contributed by atoms with E-state index in [-0.39, 0.29) is 17.3 Å². The van der Waals surface area contributed by atoms with Crippen LogP contribution in [0, 0.1) is 0 Å². The van der Waals surface area contributed by atoms with Gasteiger partial charge in [-0.25, -0.2) is 0 Å². The lowest BCUT2D eigenvalue weighted by molar-refractivity contribution is 0.0953. The van der Waals surface area contributed by atoms with Gasteiger partial charge >= 0.3 is 0 Å². The Hall–Kier alpha value is -1.85. The Morgan fingerprint density at radius 2 is 1.82 bits per heavy atom. The largest absolute Gasteiger partial charge is 0.504 e. The van der Waals surface area contributed by atoms with E-state index in [1.54, 1.807) is 12.1 Å². The van der Waals surface area contributed by atoms with Crippen molar-refractivity contribution in [1.29, 1.82) is 0 Å². The fourth-order valence-electron chi connectivity index (χ4n) is 3.01. The average Bonchev–Trinajstić information content (AvgIpc) is 2.77. The van der Waals surface area contributed by atoms with Gasteiger partial charge in [0.15, 0.2) is 11.5 Å². The normalized spacial score (nSPS) is 19.9. The maximum absolute atomic E-state index is 12.5. The van der Waals surface area contributed by atoms with Crippen LogP contribution in [-0.4, -0.2) is 36.1 Å². The number of hydrogen-bond acceptors (Lipinski definition) is 3. The molecule has 2 N–H and O–H groups in total. The predicted octanol–water partition coefficient (Wildman–Crippen LogP) is 3.24. The molecule has 0 spiro atoms. The number of rotatable bonds is 3. The van der Waals surface area contributed by atoms with Crippen LogP contribution in [0.15, 0.2) is 40.9 Å². The van der Waals surface area contributed by atoms with Gasteiger partial charge < -0.3 is 10.2 Å². The fraction of sp³-hybridized carbons (Fsp3) is 0.235. The highest BCUT2D eigenvalue weighted by Gasteiger charge is 2.37. The minimum Gasteiger partial charge on any atom is -0.504 e. The third-order valence-electron chi connectivity index (χ3n) is 4.29. The third kappa shape index (κ3) is 2.62. The molecule has 4 nitrogen and oxygen atoms in total. The first-order chi connectivity index (χ1) is 10.4. The van der Waals surface area contributed by atoms with Crippen LogP contribution in [0.5, 0.6) is 11.5 Å². The molecule has 0 saturated carbocycles. The van der Waals surface area contributed by atoms with Crippen molar-refractivity contribution >= 4 is 27.4 Å². The van der Waals surface area contributed by atoms with E-state index in [1.807, 2.05) is 31.3 Å². The van der Waals surface area contributed by atoms with E-state index in [2.05, 4.69) is 15.9 Å². The van der Waals surface area contributed by atoms with Crippen LogP contribution in [0.4, 0.5) is 5.69 Å². The van der Waals surface area contributed by atoms with Gasteiger partial charge in [0.25, 0.3) is 0 Å². The first-order valence-corrected chi connectivity index (χ1v) is 7.87. The van der Waals surface area contributed by atoms with E-state index in [0.29, 0.717) is 16.6 Å². The highest BCUT2D eigenvalue weighted by atomic mass is 79.9. The molecule has 0 radical (unpaired) electrons. The molecule has 0 aliphatic carbocycles. The molecule has 2 aromatic carbocycles. The Morgan fingerprint density at radius 1 is 1.18 bits per heavy atom. The summed E-state index contributed by atoms with van der Waals surface area (Å²) in [6.07, 6.45) is 0.785. The van der Waals surface area contributed by atoms with Gasteiger partial charge in [-0.05, 0) is 18.2 Å². The number of halogens is 1. The standard InChI is InChI=1S/C17H16BrNO3/c1-19(10-17(22)11-2-4-13(18)5-3-11)7-6-12-8-15(20)16(21)9-14(12)19/h2-5,8-9H,6-7,10H2,1H3,(H-,20,21)/p+1. The number of phenols is 2. The lowest BCUT2D eigenvalue weighted by Crippen LogP contribution is -2.47. The quantitative estimate of drug-likeness (QED) is 0.500. The number of fused-ring (bicyclic) bond motifs is 1. The number of carbonyl (C=O) groups excluding carboxylic acids is 1. The molecule has 0 saturated heterocycles. The molecule has 5 heteroatoms. The molecule has 1 unspecified atom stereocenters. The molecule has 1 atom stereocenters. The number of aromatic hydroxyl groups is 2. The van der Waals surface area contributed by atoms with Crippen LogP contribution in [0.1, 0.15) is 15.9 Å². The van der Waals surface area contributed by atoms with Gasteiger partial charge in [0.05, 0.1) is 13.6 Å². The highest BCUT2D eigenvalue weighted by Crippen LogP contribution is 2.40. The second-order valence-corrected chi connectivity index (χ2v) is 6.84. The Bertz CT molecular complexity index is 742. The number of quaternary nitrogens is 1. The SMILES string of the molecule is C[N+]1(CC(=O)c2ccc(Br)cc2)CCc2cc(O)c(O)cc21. The second-order valence-electron chi connectivity index (χ2n) is 5.93. The molecule has 22 heavy (non-hydrogen) atoms. The van der Waals surface area contributed by atoms with E-state index in [4.69, 9.17) is 0 Å². The van der Waals surface area contributed by atoms with E-state index in [0.717, 1.165) is 28.7 Å². The summed E-state index contributed by atoms with van der Waals surface area (Å²) in [5.74, 6) is -0.178. The predicted molar refractivity (Wildman–Crippen MR) is 89.4 cm³/mol. The zero-order valence-corrected chi connectivity index (χ0v) is 13.8. The molecule has 1 aliphatic heterocycles. The molecule has 3 rings (SSSR count). The third-order valence-corrected chi connectivity index (χ3v) is 4.82. The second kappa shape index (κ2) is 5.41. The van der Waals surface area contributed by atoms with Crippen LogP contribution in [0.25, 0.3) is 0 Å². The number of carbonyl (C=O) groups is 1. The van der Waals surface area contributed by atoms with Crippen LogP contribution >= 0.6 is 15.9 Å². The van der Waals surface area contributed by atoms with Crippen LogP contribution < -0.4 is 4.48 Å². The summed E-state index contributed by atoms with van der Waals surface area (Å²) >= 11 is 3.36. The minimum absolute atomic E-state index is 0.0652. The Balaban J connectivity index is 1.89. The smallest absolute Gasteiger partial charge is 0.217 e. The average molecular weight is 363 g/mol. The maximum atomic E-state index is 12.5. The number of ketones is 1. The lowest BCUT2D eigenvalue weighted by Gasteiger charge is -2.29. The molecule has 0 fully saturated rings. The molecular formula is C17H17BrNO3+. The van der Waals surface area contributed by atoms with Gasteiger partial charge in [0.2, 0.25) is 5.78 Å². The van der Waals surface area contributed by atoms with Crippen LogP contribution in [0.3, 0.4) is 0 Å². The van der Waals surface area contributed by atoms with Gasteiger partial charge in [-0.3, -0.25) is 9.28 Å². The number of benzene rings is 2. The van der Waals surface area contributed by atoms with Gasteiger partial charge in [0.1, 0.15) is 12.2 Å². The molecule has 0 amide bonds. The molecule has 1 aliphatic rings. The van der Waals surface area contributed by atoms with Crippen LogP contribution in [0.2, 0.25) is 0 Å². The molecule has 2 aromatic rings. The van der Waals surface area contributed by atoms with Gasteiger partial charge in [-0.1, -0.05) is 28.1 Å². The van der Waals surface area contributed by atoms with Crippen molar-refractivity contribution in [3.8, 4) is 11.5 Å². The number of likely N-dealkylation sites (N-methyl/N-ethyl adjacent to an activating group) is 1. The van der Waals surface area contributed by atoms with Crippen molar-refractivity contribution in [2.75, 3.05) is 20.1 Å². The van der Waals surface area contributed by atoms with Crippen molar-refractivity contribution in [3.63, 3.8) is 0 Å². The minimum atomic E-state index is -0.138. The number of nitrogens with zero attached hydrogens (tertiary/aromatic N) is 1. The Kier molecular flexibility index (Phi) is 3.70. The van der Waals surface area contributed by atoms with Crippen molar-refractivity contribution in [2.24, 2.45) is 0 Å². The molecular weight excluding hydrogens is 346 g/mol. The van der Waals surface area contributed by atoms with E-state index < -0.39 is 0 Å². The topological polar surface area (TPSA) is 57.5 Å². The first-order valence-electron chi connectivity index (χ1n) is 7.08. The summed E-state index contributed by atoms with van der Waals surface area (Å²) in [5.41, 5.74) is 2.57. The van der Waals surface area contributed by atoms with Crippen molar-refractivity contribution in [3.05, 3.63) is 52.0 Å². The fourth-order valence-corrected chi connectivity index (χ4v) is 3.27. The summed E-state index contributed by atoms with van der Waals surface area (Å²) in [4.78, 5) is 12.5. The monoisotopic (exact) mass is 362 g/mol. The van der Waals surface area contributed by atoms with E-state index in [1.165, 1.54) is 0 Å². The summed E-state index contributed by atoms with van der Waals surface area (Å²) in [6.45, 7) is 1.11. The highest BCUT2D eigenvalue weighted by molar-refractivity contribution is 9.10. The van der Waals surface area contributed by atoms with Crippen LogP contribution in [-0.2, 0) is 6.42 Å². The number of hydrogen-bond donors (Lipinski definition) is 2.